The highest BCUT2D eigenvalue weighted by atomic mass is 15.1. The van der Waals surface area contributed by atoms with Gasteiger partial charge in [-0.05, 0) is 23.7 Å². The zero-order valence-electron chi connectivity index (χ0n) is 11.7. The summed E-state index contributed by atoms with van der Waals surface area (Å²) in [5, 5.41) is 7.60. The number of rotatable bonds is 6. The van der Waals surface area contributed by atoms with Crippen molar-refractivity contribution in [2.45, 2.75) is 20.0 Å². The third-order valence-corrected chi connectivity index (χ3v) is 3.24. The lowest BCUT2D eigenvalue weighted by atomic mass is 10.1. The highest BCUT2D eigenvalue weighted by molar-refractivity contribution is 5.94. The lowest BCUT2D eigenvalue weighted by Crippen LogP contribution is -2.25. The van der Waals surface area contributed by atoms with Gasteiger partial charge in [-0.15, -0.1) is 0 Å². The third-order valence-electron chi connectivity index (χ3n) is 3.24. The summed E-state index contributed by atoms with van der Waals surface area (Å²) in [7, 11) is 0. The van der Waals surface area contributed by atoms with Gasteiger partial charge in [-0.3, -0.25) is 15.3 Å². The van der Waals surface area contributed by atoms with Crippen LogP contribution >= 0.6 is 0 Å². The Hall–Kier alpha value is -2.20. The highest BCUT2D eigenvalue weighted by Gasteiger charge is 2.10. The molecule has 0 aliphatic heterocycles. The largest absolute Gasteiger partial charge is 0.382 e. The van der Waals surface area contributed by atoms with Gasteiger partial charge in [0, 0.05) is 19.3 Å². The molecule has 0 aliphatic rings. The zero-order valence-corrected chi connectivity index (χ0v) is 11.7. The quantitative estimate of drug-likeness (QED) is 0.624. The second-order valence-electron chi connectivity index (χ2n) is 4.71. The van der Waals surface area contributed by atoms with Crippen LogP contribution in [0, 0.1) is 5.41 Å². The van der Waals surface area contributed by atoms with Gasteiger partial charge in [0.1, 0.15) is 11.5 Å². The lowest BCUT2D eigenvalue weighted by molar-refractivity contribution is 0.271. The zero-order chi connectivity index (χ0) is 14.4. The van der Waals surface area contributed by atoms with Gasteiger partial charge in [-0.2, -0.15) is 0 Å². The number of aromatic nitrogens is 1. The van der Waals surface area contributed by atoms with E-state index in [1.54, 1.807) is 6.20 Å². The first-order valence-electron chi connectivity index (χ1n) is 6.75. The number of hydrogen-bond donors (Lipinski definition) is 2. The Balaban J connectivity index is 2.13. The summed E-state index contributed by atoms with van der Waals surface area (Å²) in [4.78, 5) is 6.50. The van der Waals surface area contributed by atoms with Crippen molar-refractivity contribution in [2.24, 2.45) is 5.73 Å². The van der Waals surface area contributed by atoms with E-state index in [1.165, 1.54) is 5.56 Å². The molecule has 1 aromatic heterocycles. The number of pyridine rings is 1. The van der Waals surface area contributed by atoms with Crippen molar-refractivity contribution in [3.05, 3.63) is 65.5 Å². The smallest absolute Gasteiger partial charge is 0.142 e. The van der Waals surface area contributed by atoms with Gasteiger partial charge < -0.3 is 5.73 Å². The summed E-state index contributed by atoms with van der Waals surface area (Å²) in [5.41, 5.74) is 8.45. The molecule has 0 saturated carbocycles. The van der Waals surface area contributed by atoms with E-state index in [4.69, 9.17) is 11.1 Å². The average molecular weight is 268 g/mol. The minimum absolute atomic E-state index is 0.0244. The highest BCUT2D eigenvalue weighted by Crippen LogP contribution is 2.12. The molecule has 0 radical (unpaired) electrons. The van der Waals surface area contributed by atoms with Crippen LogP contribution in [0.5, 0.6) is 0 Å². The molecule has 0 amide bonds. The van der Waals surface area contributed by atoms with E-state index < -0.39 is 0 Å². The Morgan fingerprint density at radius 1 is 1.15 bits per heavy atom. The molecule has 0 unspecified atom stereocenters. The fourth-order valence-electron chi connectivity index (χ4n) is 2.17. The number of nitrogens with one attached hydrogen (secondary N) is 1. The van der Waals surface area contributed by atoms with Crippen LogP contribution in [-0.4, -0.2) is 22.3 Å². The normalized spacial score (nSPS) is 10.7. The van der Waals surface area contributed by atoms with Gasteiger partial charge in [-0.1, -0.05) is 43.3 Å². The first-order valence-corrected chi connectivity index (χ1v) is 6.75. The standard InChI is InChI=1S/C16H20N4/c1-2-20(11-13-7-4-3-5-8-13)12-14-9-6-10-19-15(14)16(17)18/h3-10H,2,11-12H2,1H3,(H3,17,18). The van der Waals surface area contributed by atoms with E-state index in [2.05, 4.69) is 28.9 Å². The Morgan fingerprint density at radius 3 is 2.55 bits per heavy atom. The van der Waals surface area contributed by atoms with Crippen LogP contribution < -0.4 is 5.73 Å². The SMILES string of the molecule is CCN(Cc1ccccc1)Cc1cccnc1C(=N)N. The van der Waals surface area contributed by atoms with E-state index in [9.17, 15) is 0 Å². The van der Waals surface area contributed by atoms with Crippen LogP contribution in [0.2, 0.25) is 0 Å². The molecule has 1 heterocycles. The molecule has 3 N–H and O–H groups in total. The molecule has 0 bridgehead atoms. The molecule has 20 heavy (non-hydrogen) atoms. The molecule has 0 atom stereocenters. The van der Waals surface area contributed by atoms with Crippen molar-refractivity contribution < 1.29 is 0 Å². The number of benzene rings is 1. The summed E-state index contributed by atoms with van der Waals surface area (Å²) in [6, 6.07) is 14.2. The van der Waals surface area contributed by atoms with Crippen molar-refractivity contribution in [1.29, 1.82) is 5.41 Å². The van der Waals surface area contributed by atoms with Crippen LogP contribution in [0.3, 0.4) is 0 Å². The topological polar surface area (TPSA) is 66.0 Å². The second-order valence-corrected chi connectivity index (χ2v) is 4.71. The molecular formula is C16H20N4. The van der Waals surface area contributed by atoms with Gasteiger partial charge in [0.05, 0.1) is 0 Å². The fraction of sp³-hybridized carbons (Fsp3) is 0.250. The number of nitrogens with zero attached hydrogens (tertiary/aromatic N) is 2. The molecule has 4 nitrogen and oxygen atoms in total. The summed E-state index contributed by atoms with van der Waals surface area (Å²) in [6.45, 7) is 4.69. The third kappa shape index (κ3) is 3.65. The summed E-state index contributed by atoms with van der Waals surface area (Å²) >= 11 is 0. The minimum atomic E-state index is 0.0244. The minimum Gasteiger partial charge on any atom is -0.382 e. The van der Waals surface area contributed by atoms with Crippen molar-refractivity contribution in [3.63, 3.8) is 0 Å². The van der Waals surface area contributed by atoms with Crippen molar-refractivity contribution in [1.82, 2.24) is 9.88 Å². The summed E-state index contributed by atoms with van der Waals surface area (Å²) < 4.78 is 0. The first-order chi connectivity index (χ1) is 9.70. The molecule has 0 aliphatic carbocycles. The van der Waals surface area contributed by atoms with E-state index in [-0.39, 0.29) is 5.84 Å². The first kappa shape index (κ1) is 14.2. The van der Waals surface area contributed by atoms with Gasteiger partial charge in [0.2, 0.25) is 0 Å². The van der Waals surface area contributed by atoms with Crippen molar-refractivity contribution >= 4 is 5.84 Å². The molecular weight excluding hydrogens is 248 g/mol. The van der Waals surface area contributed by atoms with E-state index in [0.29, 0.717) is 5.69 Å². The summed E-state index contributed by atoms with van der Waals surface area (Å²) in [6.07, 6.45) is 1.67. The van der Waals surface area contributed by atoms with Crippen LogP contribution in [0.1, 0.15) is 23.7 Å². The van der Waals surface area contributed by atoms with Crippen molar-refractivity contribution in [2.75, 3.05) is 6.54 Å². The predicted molar refractivity (Wildman–Crippen MR) is 81.5 cm³/mol. The predicted octanol–water partition coefficient (Wildman–Crippen LogP) is 2.39. The number of nitrogen functional groups attached to an aromatic ring is 1. The Labute approximate surface area is 119 Å². The van der Waals surface area contributed by atoms with E-state index in [0.717, 1.165) is 25.2 Å². The molecule has 0 fully saturated rings. The van der Waals surface area contributed by atoms with Crippen molar-refractivity contribution in [3.8, 4) is 0 Å². The van der Waals surface area contributed by atoms with E-state index in [1.807, 2.05) is 30.3 Å². The van der Waals surface area contributed by atoms with Gasteiger partial charge >= 0.3 is 0 Å². The Morgan fingerprint density at radius 2 is 1.90 bits per heavy atom. The van der Waals surface area contributed by atoms with Crippen LogP contribution in [0.4, 0.5) is 0 Å². The van der Waals surface area contributed by atoms with Crippen LogP contribution in [-0.2, 0) is 13.1 Å². The summed E-state index contributed by atoms with van der Waals surface area (Å²) in [5.74, 6) is 0.0244. The number of nitrogens with two attached hydrogens (primary N) is 1. The second kappa shape index (κ2) is 6.82. The molecule has 0 spiro atoms. The molecule has 1 aromatic carbocycles. The van der Waals surface area contributed by atoms with Crippen LogP contribution in [0.15, 0.2) is 48.7 Å². The maximum atomic E-state index is 7.60. The Bertz CT molecular complexity index is 566. The molecule has 0 saturated heterocycles. The van der Waals surface area contributed by atoms with Gasteiger partial charge in [0.25, 0.3) is 0 Å². The van der Waals surface area contributed by atoms with Gasteiger partial charge in [-0.25, -0.2) is 0 Å². The molecule has 2 rings (SSSR count). The maximum Gasteiger partial charge on any atom is 0.142 e. The van der Waals surface area contributed by atoms with Gasteiger partial charge in [0.15, 0.2) is 0 Å². The average Bonchev–Trinajstić information content (AvgIpc) is 2.48. The Kier molecular flexibility index (Phi) is 4.85. The number of hydrogen-bond acceptors (Lipinski definition) is 3. The monoisotopic (exact) mass is 268 g/mol. The molecule has 4 heteroatoms. The van der Waals surface area contributed by atoms with Crippen LogP contribution in [0.25, 0.3) is 0 Å². The fourth-order valence-corrected chi connectivity index (χ4v) is 2.17. The molecule has 2 aromatic rings. The number of amidine groups is 1. The van der Waals surface area contributed by atoms with E-state index >= 15 is 0 Å². The lowest BCUT2D eigenvalue weighted by Gasteiger charge is -2.21. The molecule has 104 valence electrons. The maximum absolute atomic E-state index is 7.60.